The normalized spacial score (nSPS) is 27.9. The van der Waals surface area contributed by atoms with E-state index in [4.69, 9.17) is 0 Å². The van der Waals surface area contributed by atoms with Crippen molar-refractivity contribution in [3.63, 3.8) is 0 Å². The van der Waals surface area contributed by atoms with Gasteiger partial charge in [-0.15, -0.1) is 0 Å². The maximum absolute atomic E-state index is 14.3. The Morgan fingerprint density at radius 1 is 0.735 bits per heavy atom. The number of aliphatic hydroxyl groups is 1. The van der Waals surface area contributed by atoms with Crippen LogP contribution in [0.5, 0.6) is 0 Å². The van der Waals surface area contributed by atoms with Crippen LogP contribution in [0.3, 0.4) is 0 Å². The highest BCUT2D eigenvalue weighted by atomic mass is 19.4. The lowest BCUT2D eigenvalue weighted by atomic mass is 9.80. The second-order valence-electron chi connectivity index (χ2n) is 8.12. The molecule has 0 heterocycles. The van der Waals surface area contributed by atoms with Crippen LogP contribution in [0.2, 0.25) is 0 Å². The van der Waals surface area contributed by atoms with Crippen molar-refractivity contribution in [2.75, 3.05) is 0 Å². The highest BCUT2D eigenvalue weighted by Gasteiger charge is 2.82. The Morgan fingerprint density at radius 3 is 1.59 bits per heavy atom. The minimum Gasteiger partial charge on any atom is -0.376 e. The molecule has 0 radical (unpaired) electrons. The first kappa shape index (κ1) is 28.8. The number of halogens is 15. The maximum Gasteiger partial charge on any atom is 0.456 e. The van der Waals surface area contributed by atoms with Crippen molar-refractivity contribution < 1.29 is 75.7 Å². The van der Waals surface area contributed by atoms with E-state index < -0.39 is 85.2 Å². The average Bonchev–Trinajstić information content (AvgIpc) is 3.24. The van der Waals surface area contributed by atoms with Crippen LogP contribution < -0.4 is 0 Å². The van der Waals surface area contributed by atoms with E-state index in [0.717, 1.165) is 6.08 Å². The summed E-state index contributed by atoms with van der Waals surface area (Å²) in [4.78, 5) is 0. The molecule has 34 heavy (non-hydrogen) atoms. The third-order valence-electron chi connectivity index (χ3n) is 6.02. The predicted octanol–water partition coefficient (Wildman–Crippen LogP) is 6.44. The lowest BCUT2D eigenvalue weighted by molar-refractivity contribution is -0.426. The third kappa shape index (κ3) is 4.34. The average molecular weight is 536 g/mol. The Balaban J connectivity index is 2.64. The fourth-order valence-corrected chi connectivity index (χ4v) is 4.06. The number of rotatable bonds is 8. The molecular weight excluding hydrogens is 521 g/mol. The molecule has 5 atom stereocenters. The lowest BCUT2D eigenvalue weighted by Crippen LogP contribution is -2.69. The van der Waals surface area contributed by atoms with Gasteiger partial charge in [0.2, 0.25) is 11.2 Å². The molecule has 2 aliphatic rings. The lowest BCUT2D eigenvalue weighted by Gasteiger charge is -2.46. The standard InChI is InChI=1S/C17H15F15O2/c18-10(19)13(20,21)11(33,15(24,25)26)3-4-12(16(27,28)29,14(22,23)17(30,31)32)34-9-6-7-1-2-8(9)5-7/h1-2,7-10,33H,3-6H2. The molecule has 0 aromatic heterocycles. The van der Waals surface area contributed by atoms with Crippen LogP contribution in [0, 0.1) is 11.8 Å². The molecule has 2 rings (SSSR count). The molecule has 2 bridgehead atoms. The molecule has 1 saturated carbocycles. The molecule has 0 aliphatic heterocycles. The quantitative estimate of drug-likeness (QED) is 0.286. The monoisotopic (exact) mass is 536 g/mol. The summed E-state index contributed by atoms with van der Waals surface area (Å²) in [5.74, 6) is -15.4. The van der Waals surface area contributed by atoms with E-state index >= 15 is 0 Å². The number of hydrogen-bond donors (Lipinski definition) is 1. The zero-order chi connectivity index (χ0) is 26.8. The predicted molar refractivity (Wildman–Crippen MR) is 81.2 cm³/mol. The molecule has 5 unspecified atom stereocenters. The van der Waals surface area contributed by atoms with Crippen LogP contribution in [0.25, 0.3) is 0 Å². The molecule has 0 spiro atoms. The van der Waals surface area contributed by atoms with Crippen LogP contribution in [-0.4, -0.2) is 59.2 Å². The molecule has 0 saturated heterocycles. The van der Waals surface area contributed by atoms with Gasteiger partial charge in [-0.05, 0) is 31.6 Å². The van der Waals surface area contributed by atoms with E-state index in [1.165, 1.54) is 6.08 Å². The van der Waals surface area contributed by atoms with Crippen molar-refractivity contribution in [3.8, 4) is 0 Å². The first-order valence-electron chi connectivity index (χ1n) is 9.27. The highest BCUT2D eigenvalue weighted by Crippen LogP contribution is 2.59. The molecule has 17 heteroatoms. The van der Waals surface area contributed by atoms with E-state index in [9.17, 15) is 71.0 Å². The van der Waals surface area contributed by atoms with Gasteiger partial charge in [0.25, 0.3) is 0 Å². The van der Waals surface area contributed by atoms with Gasteiger partial charge in [-0.25, -0.2) is 8.78 Å². The molecule has 200 valence electrons. The van der Waals surface area contributed by atoms with E-state index in [-0.39, 0.29) is 6.42 Å². The summed E-state index contributed by atoms with van der Waals surface area (Å²) in [6.07, 6.45) is -33.0. The van der Waals surface area contributed by atoms with Gasteiger partial charge in [-0.3, -0.25) is 0 Å². The number of fused-ring (bicyclic) bond motifs is 2. The van der Waals surface area contributed by atoms with Crippen molar-refractivity contribution >= 4 is 0 Å². The van der Waals surface area contributed by atoms with Crippen LogP contribution >= 0.6 is 0 Å². The molecule has 1 fully saturated rings. The van der Waals surface area contributed by atoms with E-state index in [1.54, 1.807) is 0 Å². The van der Waals surface area contributed by atoms with Crippen molar-refractivity contribution in [2.24, 2.45) is 11.8 Å². The number of hydrogen-bond acceptors (Lipinski definition) is 2. The topological polar surface area (TPSA) is 29.5 Å². The van der Waals surface area contributed by atoms with Crippen molar-refractivity contribution in [1.82, 2.24) is 0 Å². The summed E-state index contributed by atoms with van der Waals surface area (Å²) in [5, 5.41) is 9.29. The van der Waals surface area contributed by atoms with Crippen molar-refractivity contribution in [1.29, 1.82) is 0 Å². The van der Waals surface area contributed by atoms with Gasteiger partial charge in [0.1, 0.15) is 0 Å². The van der Waals surface area contributed by atoms with Gasteiger partial charge in [0.05, 0.1) is 6.10 Å². The van der Waals surface area contributed by atoms with E-state index in [0.29, 0.717) is 0 Å². The van der Waals surface area contributed by atoms with Gasteiger partial charge >= 0.3 is 36.8 Å². The second kappa shape index (κ2) is 8.34. The summed E-state index contributed by atoms with van der Waals surface area (Å²) in [7, 11) is 0. The largest absolute Gasteiger partial charge is 0.456 e. The zero-order valence-corrected chi connectivity index (χ0v) is 16.3. The summed E-state index contributed by atoms with van der Waals surface area (Å²) in [6.45, 7) is 0. The molecule has 0 aromatic rings. The Bertz CT molecular complexity index is 768. The molecule has 0 amide bonds. The molecule has 1 N–H and O–H groups in total. The number of allylic oxidation sites excluding steroid dienone is 1. The van der Waals surface area contributed by atoms with Gasteiger partial charge in [-0.1, -0.05) is 12.2 Å². The first-order valence-corrected chi connectivity index (χ1v) is 9.27. The van der Waals surface area contributed by atoms with Crippen LogP contribution in [0.1, 0.15) is 25.7 Å². The van der Waals surface area contributed by atoms with Crippen LogP contribution in [-0.2, 0) is 4.74 Å². The van der Waals surface area contributed by atoms with Crippen LogP contribution in [0.15, 0.2) is 12.2 Å². The van der Waals surface area contributed by atoms with Gasteiger partial charge in [0, 0.05) is 5.92 Å². The first-order chi connectivity index (χ1) is 14.9. The molecular formula is C17H15F15O2. The third-order valence-corrected chi connectivity index (χ3v) is 6.02. The summed E-state index contributed by atoms with van der Waals surface area (Å²) >= 11 is 0. The number of ether oxygens (including phenoxy) is 1. The smallest absolute Gasteiger partial charge is 0.376 e. The Hall–Kier alpha value is -1.39. The van der Waals surface area contributed by atoms with E-state index in [1.807, 2.05) is 0 Å². The second-order valence-corrected chi connectivity index (χ2v) is 8.12. The summed E-state index contributed by atoms with van der Waals surface area (Å²) < 4.78 is 205. The Kier molecular flexibility index (Phi) is 7.07. The Labute approximate surface area is 180 Å². The van der Waals surface area contributed by atoms with Crippen molar-refractivity contribution in [3.05, 3.63) is 12.2 Å². The fraction of sp³-hybridized carbons (Fsp3) is 0.882. The minimum atomic E-state index is -7.13. The summed E-state index contributed by atoms with van der Waals surface area (Å²) in [6, 6.07) is 0. The number of alkyl halides is 15. The van der Waals surface area contributed by atoms with Crippen molar-refractivity contribution in [2.45, 2.75) is 79.8 Å². The maximum atomic E-state index is 14.3. The van der Waals surface area contributed by atoms with Gasteiger partial charge in [0.15, 0.2) is 0 Å². The van der Waals surface area contributed by atoms with E-state index in [2.05, 4.69) is 4.74 Å². The minimum absolute atomic E-state index is 0.0495. The fourth-order valence-electron chi connectivity index (χ4n) is 4.06. The summed E-state index contributed by atoms with van der Waals surface area (Å²) in [5.41, 5.74) is -12.0. The van der Waals surface area contributed by atoms with Gasteiger partial charge < -0.3 is 9.84 Å². The Morgan fingerprint density at radius 2 is 1.26 bits per heavy atom. The zero-order valence-electron chi connectivity index (χ0n) is 16.3. The molecule has 0 aromatic carbocycles. The molecule has 2 nitrogen and oxygen atoms in total. The highest BCUT2D eigenvalue weighted by molar-refractivity contribution is 5.14. The van der Waals surface area contributed by atoms with Crippen LogP contribution in [0.4, 0.5) is 65.9 Å². The SMILES string of the molecule is OC(CCC(OC1CC2C=CC1C2)(C(F)(F)F)C(F)(F)C(F)(F)F)(C(F)(F)F)C(F)(F)C(F)F. The van der Waals surface area contributed by atoms with Gasteiger partial charge in [-0.2, -0.15) is 57.1 Å². The molecule has 2 aliphatic carbocycles.